The van der Waals surface area contributed by atoms with Crippen molar-refractivity contribution in [2.75, 3.05) is 101 Å². The van der Waals surface area contributed by atoms with Gasteiger partial charge in [0.1, 0.15) is 71.1 Å². The molecule has 8 rings (SSSR count). The van der Waals surface area contributed by atoms with Crippen molar-refractivity contribution in [1.82, 2.24) is 60.0 Å². The van der Waals surface area contributed by atoms with Crippen LogP contribution < -0.4 is 16.0 Å². The first-order valence-corrected chi connectivity index (χ1v) is 38.7. The molecule has 4 saturated heterocycles. The molecule has 114 heavy (non-hydrogen) atoms. The molecule has 1 spiro atoms. The first-order chi connectivity index (χ1) is 53.4. The van der Waals surface area contributed by atoms with Gasteiger partial charge in [0.2, 0.25) is 70.9 Å². The Kier molecular flexibility index (Phi) is 30.5. The highest BCUT2D eigenvalue weighted by molar-refractivity contribution is 6.01. The Bertz CT molecular complexity index is 3790. The van der Waals surface area contributed by atoms with E-state index in [0.717, 1.165) is 70.5 Å². The molecule has 10 atom stereocenters. The van der Waals surface area contributed by atoms with Gasteiger partial charge in [-0.1, -0.05) is 59.1 Å². The summed E-state index contributed by atoms with van der Waals surface area (Å²) in [6.07, 6.45) is -18.7. The van der Waals surface area contributed by atoms with E-state index in [1.807, 2.05) is 0 Å². The number of fused-ring (bicyclic) bond motifs is 3. The predicted molar refractivity (Wildman–Crippen MR) is 388 cm³/mol. The van der Waals surface area contributed by atoms with Crippen LogP contribution in [0.2, 0.25) is 0 Å². The van der Waals surface area contributed by atoms with Gasteiger partial charge in [0.15, 0.2) is 0 Å². The molecule has 2 aromatic carbocycles. The third kappa shape index (κ3) is 22.2. The number of carbonyl (C=O) groups excluding carboxylic acids is 12. The summed E-state index contributed by atoms with van der Waals surface area (Å²) >= 11 is 0. The lowest BCUT2D eigenvalue weighted by molar-refractivity contribution is -0.159. The van der Waals surface area contributed by atoms with Crippen molar-refractivity contribution in [1.29, 1.82) is 0 Å². The van der Waals surface area contributed by atoms with Crippen molar-refractivity contribution in [2.45, 2.75) is 222 Å². The zero-order valence-electron chi connectivity index (χ0n) is 65.9. The number of likely N-dealkylation sites (N-methyl/N-ethyl adjacent to an activating group) is 6. The minimum Gasteiger partial charge on any atom is -0.378 e. The lowest BCUT2D eigenvalue weighted by Gasteiger charge is -2.47. The predicted octanol–water partition coefficient (Wildman–Crippen LogP) is 6.28. The number of hydrogen-bond acceptors (Lipinski definition) is 14. The molecule has 4 heterocycles. The Hall–Kier alpha value is -8.77. The van der Waals surface area contributed by atoms with Gasteiger partial charge in [0.05, 0.1) is 57.4 Å². The van der Waals surface area contributed by atoms with Crippen molar-refractivity contribution < 1.29 is 115 Å². The van der Waals surface area contributed by atoms with Crippen LogP contribution >= 0.6 is 0 Å². The number of hydrogen-bond donors (Lipinski definition) is 3. The Balaban J connectivity index is 1.24. The van der Waals surface area contributed by atoms with Gasteiger partial charge in [-0.3, -0.25) is 57.5 Å². The number of morpholine rings is 1. The standard InChI is InChI=1S/C77H105F11N12O14/c1-11-45(4)63-71(110)93(6)43-61(103)94(7)54-19-14-15-29-99(70(54)109)58(38-46-20-23-49(24-21-46)76(83,84)85)68(107)92(5)42-59(101)89-53(25-22-47-36-51(78)62(52(79)37-47)77(86,87)88)67(106)100-41-50(114-32-28-75(80,81)82)39-56(100)66(105)91-74(26-16-27-74)73(112)97(10)64(48-17-12-13-18-48)72(111)96(9)57(69(108)98-30-33-113-34-31-98)40-60(102)95(8)55(35-44(2)3)65(104)90-63/h20-21,23-24,36-37,44-45,48,50,53-58,63-64H,11-19,22,25-35,38-43H2,1-10H3,(H,89,101)(H,90,104)(H,91,105)/t45-,50+,53-,54-,55-,56-,57-,58-,63-,64-/m0/s1. The highest BCUT2D eigenvalue weighted by Crippen LogP contribution is 2.40. The first-order valence-electron chi connectivity index (χ1n) is 38.7. The first kappa shape index (κ1) is 90.8. The number of carbonyl (C=O) groups is 12. The largest absolute Gasteiger partial charge is 0.422 e. The summed E-state index contributed by atoms with van der Waals surface area (Å²) in [6, 6.07) is -8.36. The number of nitrogens with zero attached hydrogens (tertiary/aromatic N) is 9. The van der Waals surface area contributed by atoms with Crippen LogP contribution in [0.1, 0.15) is 153 Å². The maximum Gasteiger partial charge on any atom is 0.422 e. The van der Waals surface area contributed by atoms with Gasteiger partial charge in [0.25, 0.3) is 0 Å². The van der Waals surface area contributed by atoms with Crippen LogP contribution in [-0.2, 0) is 92.2 Å². The molecule has 634 valence electrons. The summed E-state index contributed by atoms with van der Waals surface area (Å²) in [6.45, 7) is 3.58. The summed E-state index contributed by atoms with van der Waals surface area (Å²) in [5, 5.41) is 8.02. The number of aryl methyl sites for hydroxylation is 1. The molecule has 37 heteroatoms. The second-order valence-electron chi connectivity index (χ2n) is 31.5. The molecule has 3 N–H and O–H groups in total. The fourth-order valence-corrected chi connectivity index (χ4v) is 16.0. The van der Waals surface area contributed by atoms with Crippen LogP contribution in [-0.4, -0.2) is 283 Å². The van der Waals surface area contributed by atoms with E-state index in [9.17, 15) is 58.7 Å². The summed E-state index contributed by atoms with van der Waals surface area (Å²) in [5.41, 5.74) is -5.66. The Morgan fingerprint density at radius 3 is 1.82 bits per heavy atom. The molecule has 2 bridgehead atoms. The fraction of sp³-hybridized carbons (Fsp3) is 0.688. The highest BCUT2D eigenvalue weighted by Gasteiger charge is 2.54. The van der Waals surface area contributed by atoms with Gasteiger partial charge < -0.3 is 69.5 Å². The van der Waals surface area contributed by atoms with Crippen LogP contribution in [0.25, 0.3) is 0 Å². The third-order valence-electron chi connectivity index (χ3n) is 23.0. The molecule has 4 aliphatic heterocycles. The molecule has 6 aliphatic rings. The van der Waals surface area contributed by atoms with Crippen LogP contribution in [0, 0.1) is 29.4 Å². The molecule has 2 saturated carbocycles. The second kappa shape index (κ2) is 38.3. The van der Waals surface area contributed by atoms with Crippen molar-refractivity contribution in [3.63, 3.8) is 0 Å². The van der Waals surface area contributed by atoms with Gasteiger partial charge in [-0.2, -0.15) is 39.5 Å². The second-order valence-corrected chi connectivity index (χ2v) is 31.5. The highest BCUT2D eigenvalue weighted by atomic mass is 19.4. The van der Waals surface area contributed by atoms with Crippen LogP contribution in [0.15, 0.2) is 36.4 Å². The van der Waals surface area contributed by atoms with Crippen LogP contribution in [0.3, 0.4) is 0 Å². The van der Waals surface area contributed by atoms with Crippen LogP contribution in [0.5, 0.6) is 0 Å². The third-order valence-corrected chi connectivity index (χ3v) is 23.0. The molecular weight excluding hydrogens is 1530 g/mol. The van der Waals surface area contributed by atoms with Crippen LogP contribution in [0.4, 0.5) is 48.3 Å². The Labute approximate surface area is 655 Å². The monoisotopic (exact) mass is 1630 g/mol. The van der Waals surface area contributed by atoms with Crippen molar-refractivity contribution in [2.24, 2.45) is 17.8 Å². The molecule has 0 aromatic heterocycles. The zero-order chi connectivity index (χ0) is 84.4. The molecule has 26 nitrogen and oxygen atoms in total. The number of benzene rings is 2. The topological polar surface area (TPSA) is 289 Å². The SMILES string of the molecule is CC[C@H](C)[C@@H]1NC(=O)[C@H](CC(C)C)N(C)C(=O)C[C@@H](C(=O)N2CCOCC2)N(C)C(=O)[C@H](C2CCCC2)N(C)C(=O)C2(CCC2)NC(=O)[C@@H]2C[C@@H](OCCC(F)(F)F)CN2C(=O)[C@H](CCc2cc(F)c(C(F)(F)F)c(F)c2)NC(=O)CN(C)C(=O)[C@H](Cc2ccc(C(F)(F)F)cc2)N2CCCC[C@@H](C2=O)N(C)C(=O)CN(C)C1=O. The molecule has 6 fully saturated rings. The average molecular weight is 1630 g/mol. The van der Waals surface area contributed by atoms with E-state index in [2.05, 4.69) is 16.0 Å². The molecule has 0 radical (unpaired) electrons. The van der Waals surface area contributed by atoms with E-state index >= 15 is 47.1 Å². The van der Waals surface area contributed by atoms with Gasteiger partial charge in [-0.25, -0.2) is 8.78 Å². The molecule has 2 aromatic rings. The van der Waals surface area contributed by atoms with E-state index in [0.29, 0.717) is 44.2 Å². The molecule has 0 unspecified atom stereocenters. The quantitative estimate of drug-likeness (QED) is 0.176. The summed E-state index contributed by atoms with van der Waals surface area (Å²) < 4.78 is 166. The van der Waals surface area contributed by atoms with E-state index in [4.69, 9.17) is 9.47 Å². The van der Waals surface area contributed by atoms with Gasteiger partial charge in [-0.05, 0) is 124 Å². The number of halogens is 11. The number of nitrogens with one attached hydrogen (secondary N) is 3. The lowest BCUT2D eigenvalue weighted by atomic mass is 9.74. The summed E-state index contributed by atoms with van der Waals surface area (Å²) in [4.78, 5) is 192. The minimum atomic E-state index is -5.53. The molecular formula is C77H105F11N12O14. The average Bonchev–Trinajstić information content (AvgIpc) is 1.17. The number of alkyl halides is 9. The lowest BCUT2D eigenvalue weighted by Crippen LogP contribution is -2.68. The summed E-state index contributed by atoms with van der Waals surface area (Å²) in [5.74, 6) is -16.6. The van der Waals surface area contributed by atoms with E-state index in [1.54, 1.807) is 27.7 Å². The molecule has 2 aliphatic carbocycles. The maximum absolute atomic E-state index is 15.7. The van der Waals surface area contributed by atoms with Gasteiger partial charge >= 0.3 is 18.5 Å². The number of amides is 12. The fourth-order valence-electron chi connectivity index (χ4n) is 16.0. The van der Waals surface area contributed by atoms with Crippen molar-refractivity contribution in [3.05, 3.63) is 70.3 Å². The minimum absolute atomic E-state index is 0.00234. The smallest absolute Gasteiger partial charge is 0.378 e. The number of rotatable bonds is 14. The van der Waals surface area contributed by atoms with E-state index in [1.165, 1.54) is 40.1 Å². The number of ether oxygens (including phenoxy) is 2. The Morgan fingerprint density at radius 2 is 1.25 bits per heavy atom. The summed E-state index contributed by atoms with van der Waals surface area (Å²) in [7, 11) is 7.59. The maximum atomic E-state index is 15.7. The van der Waals surface area contributed by atoms with Crippen molar-refractivity contribution in [3.8, 4) is 0 Å². The normalized spacial score (nSPS) is 26.1. The van der Waals surface area contributed by atoms with Gasteiger partial charge in [-0.15, -0.1) is 0 Å². The van der Waals surface area contributed by atoms with E-state index < -0.39 is 254 Å². The zero-order valence-corrected chi connectivity index (χ0v) is 65.9. The molecule has 12 amide bonds. The van der Waals surface area contributed by atoms with E-state index in [-0.39, 0.29) is 89.3 Å². The van der Waals surface area contributed by atoms with Crippen molar-refractivity contribution >= 4 is 70.9 Å². The van der Waals surface area contributed by atoms with Gasteiger partial charge in [0, 0.05) is 81.3 Å². The Morgan fingerprint density at radius 1 is 0.632 bits per heavy atom.